The van der Waals surface area contributed by atoms with Gasteiger partial charge in [-0.1, -0.05) is 23.7 Å². The third-order valence-corrected chi connectivity index (χ3v) is 4.44. The molecule has 10 heteroatoms. The minimum Gasteiger partial charge on any atom is -0.455 e. The molecule has 2 aromatic rings. The van der Waals surface area contributed by atoms with E-state index in [4.69, 9.17) is 27.3 Å². The summed E-state index contributed by atoms with van der Waals surface area (Å²) in [5.74, 6) is -1.28. The summed E-state index contributed by atoms with van der Waals surface area (Å²) in [6.07, 6.45) is -0.222. The average Bonchev–Trinajstić information content (AvgIpc) is 3.06. The molecule has 1 aromatic heterocycles. The fraction of sp³-hybridized carbons (Fsp3) is 0.176. The number of nitriles is 1. The van der Waals surface area contributed by atoms with Gasteiger partial charge in [0.2, 0.25) is 0 Å². The molecule has 0 saturated heterocycles. The molecule has 0 saturated carbocycles. The Hall–Kier alpha value is -3.09. The lowest BCUT2D eigenvalue weighted by Gasteiger charge is -2.17. The molecular formula is C17H15ClN4O4S. The van der Waals surface area contributed by atoms with Crippen LogP contribution in [0.5, 0.6) is 0 Å². The third kappa shape index (κ3) is 6.29. The van der Waals surface area contributed by atoms with Gasteiger partial charge in [0.25, 0.3) is 5.91 Å². The minimum absolute atomic E-state index is 0.222. The van der Waals surface area contributed by atoms with E-state index in [2.05, 4.69) is 10.6 Å². The van der Waals surface area contributed by atoms with E-state index in [1.165, 1.54) is 11.3 Å². The van der Waals surface area contributed by atoms with Gasteiger partial charge in [-0.15, -0.1) is 11.3 Å². The predicted octanol–water partition coefficient (Wildman–Crippen LogP) is 2.55. The zero-order valence-electron chi connectivity index (χ0n) is 13.9. The molecule has 2 rings (SSSR count). The van der Waals surface area contributed by atoms with Crippen molar-refractivity contribution >= 4 is 45.8 Å². The molecule has 0 spiro atoms. The number of hydrogen-bond donors (Lipinski definition) is 3. The van der Waals surface area contributed by atoms with Crippen LogP contribution in [0.2, 0.25) is 5.02 Å². The van der Waals surface area contributed by atoms with Crippen molar-refractivity contribution in [3.05, 3.63) is 51.9 Å². The first-order chi connectivity index (χ1) is 12.9. The molecule has 140 valence electrons. The molecule has 1 aromatic carbocycles. The van der Waals surface area contributed by atoms with Crippen molar-refractivity contribution in [1.82, 2.24) is 5.32 Å². The van der Waals surface area contributed by atoms with Crippen LogP contribution in [0, 0.1) is 11.3 Å². The van der Waals surface area contributed by atoms with E-state index in [9.17, 15) is 14.4 Å². The topological polar surface area (TPSA) is 134 Å². The van der Waals surface area contributed by atoms with Gasteiger partial charge < -0.3 is 21.1 Å². The summed E-state index contributed by atoms with van der Waals surface area (Å²) in [4.78, 5) is 35.1. The number of nitrogens with zero attached hydrogens (tertiary/aromatic N) is 1. The molecule has 3 amide bonds. The predicted molar refractivity (Wildman–Crippen MR) is 100 cm³/mol. The van der Waals surface area contributed by atoms with Gasteiger partial charge in [-0.25, -0.2) is 4.79 Å². The number of amides is 3. The molecule has 1 heterocycles. The fourth-order valence-corrected chi connectivity index (χ4v) is 3.03. The van der Waals surface area contributed by atoms with Crippen molar-refractivity contribution in [3.63, 3.8) is 0 Å². The van der Waals surface area contributed by atoms with Gasteiger partial charge in [0.15, 0.2) is 6.61 Å². The number of nitrogens with two attached hydrogens (primary N) is 1. The fourth-order valence-electron chi connectivity index (χ4n) is 2.15. The summed E-state index contributed by atoms with van der Waals surface area (Å²) in [5, 5.41) is 16.4. The van der Waals surface area contributed by atoms with Crippen molar-refractivity contribution in [1.29, 1.82) is 5.26 Å². The van der Waals surface area contributed by atoms with Crippen LogP contribution >= 0.6 is 22.9 Å². The Bertz CT molecular complexity index is 876. The maximum atomic E-state index is 12.0. The second-order valence-electron chi connectivity index (χ2n) is 5.30. The van der Waals surface area contributed by atoms with Crippen molar-refractivity contribution in [2.24, 2.45) is 5.73 Å². The molecule has 4 N–H and O–H groups in total. The Morgan fingerprint density at radius 1 is 1.26 bits per heavy atom. The van der Waals surface area contributed by atoms with Crippen LogP contribution in [0.3, 0.4) is 0 Å². The maximum absolute atomic E-state index is 12.0. The molecule has 0 aliphatic carbocycles. The number of carbonyl (C=O) groups is 3. The summed E-state index contributed by atoms with van der Waals surface area (Å²) >= 11 is 7.01. The van der Waals surface area contributed by atoms with Gasteiger partial charge >= 0.3 is 12.0 Å². The zero-order valence-corrected chi connectivity index (χ0v) is 15.5. The maximum Gasteiger partial charge on any atom is 0.312 e. The van der Waals surface area contributed by atoms with Crippen LogP contribution in [0.25, 0.3) is 0 Å². The van der Waals surface area contributed by atoms with Crippen LogP contribution in [0.4, 0.5) is 9.80 Å². The number of esters is 1. The number of urea groups is 1. The van der Waals surface area contributed by atoms with Crippen LogP contribution in [0.1, 0.15) is 23.6 Å². The van der Waals surface area contributed by atoms with Crippen molar-refractivity contribution in [2.45, 2.75) is 12.5 Å². The number of halogens is 1. The molecule has 0 bridgehead atoms. The van der Waals surface area contributed by atoms with E-state index in [0.717, 1.165) is 0 Å². The smallest absolute Gasteiger partial charge is 0.312 e. The Morgan fingerprint density at radius 3 is 2.59 bits per heavy atom. The molecular weight excluding hydrogens is 392 g/mol. The van der Waals surface area contributed by atoms with Crippen molar-refractivity contribution in [3.8, 4) is 6.07 Å². The van der Waals surface area contributed by atoms with E-state index in [-0.39, 0.29) is 6.42 Å². The summed E-state index contributed by atoms with van der Waals surface area (Å²) in [5.41, 5.74) is 6.08. The lowest BCUT2D eigenvalue weighted by molar-refractivity contribution is -0.147. The lowest BCUT2D eigenvalue weighted by Crippen LogP contribution is -2.35. The Balaban J connectivity index is 1.91. The lowest BCUT2D eigenvalue weighted by atomic mass is 10.0. The first-order valence-corrected chi connectivity index (χ1v) is 8.89. The number of anilines is 1. The summed E-state index contributed by atoms with van der Waals surface area (Å²) in [7, 11) is 0. The highest BCUT2D eigenvalue weighted by molar-refractivity contribution is 7.14. The standard InChI is InChI=1S/C17H15ClN4O4S/c18-12-3-1-10(2-4-12)13(21-17(20)25)7-15(24)26-9-14(23)22-16-11(8-19)5-6-27-16/h1-6,13H,7,9H2,(H,22,23)(H3,20,21,25)/t13-/m1/s1. The first kappa shape index (κ1) is 20.2. The van der Waals surface area contributed by atoms with Crippen molar-refractivity contribution < 1.29 is 19.1 Å². The van der Waals surface area contributed by atoms with Gasteiger partial charge in [-0.05, 0) is 29.1 Å². The Labute approximate surface area is 163 Å². The number of benzene rings is 1. The van der Waals surface area contributed by atoms with E-state index < -0.39 is 30.6 Å². The van der Waals surface area contributed by atoms with Crippen LogP contribution < -0.4 is 16.4 Å². The highest BCUT2D eigenvalue weighted by Gasteiger charge is 2.19. The molecule has 0 radical (unpaired) electrons. The zero-order chi connectivity index (χ0) is 19.8. The van der Waals surface area contributed by atoms with Gasteiger partial charge in [0, 0.05) is 5.02 Å². The number of nitrogens with one attached hydrogen (secondary N) is 2. The molecule has 27 heavy (non-hydrogen) atoms. The molecule has 1 atom stereocenters. The number of primary amides is 1. The highest BCUT2D eigenvalue weighted by Crippen LogP contribution is 2.22. The van der Waals surface area contributed by atoms with Crippen LogP contribution in [0.15, 0.2) is 35.7 Å². The van der Waals surface area contributed by atoms with E-state index in [0.29, 0.717) is 21.2 Å². The van der Waals surface area contributed by atoms with E-state index in [1.807, 2.05) is 6.07 Å². The number of hydrogen-bond acceptors (Lipinski definition) is 6. The summed E-state index contributed by atoms with van der Waals surface area (Å²) < 4.78 is 4.94. The summed E-state index contributed by atoms with van der Waals surface area (Å²) in [6.45, 7) is -0.522. The number of ether oxygens (including phenoxy) is 1. The molecule has 8 nitrogen and oxygen atoms in total. The number of rotatable bonds is 7. The largest absolute Gasteiger partial charge is 0.455 e. The van der Waals surface area contributed by atoms with Crippen LogP contribution in [-0.2, 0) is 14.3 Å². The van der Waals surface area contributed by atoms with E-state index in [1.54, 1.807) is 35.7 Å². The quantitative estimate of drug-likeness (QED) is 0.607. The number of thiophene rings is 1. The molecule has 0 fully saturated rings. The van der Waals surface area contributed by atoms with Gasteiger partial charge in [-0.3, -0.25) is 9.59 Å². The van der Waals surface area contributed by atoms with Gasteiger partial charge in [-0.2, -0.15) is 5.26 Å². The summed E-state index contributed by atoms with van der Waals surface area (Å²) in [6, 6.07) is 8.48. The average molecular weight is 407 g/mol. The van der Waals surface area contributed by atoms with E-state index >= 15 is 0 Å². The minimum atomic E-state index is -0.803. The highest BCUT2D eigenvalue weighted by atomic mass is 35.5. The normalized spacial score (nSPS) is 11.1. The molecule has 0 unspecified atom stereocenters. The third-order valence-electron chi connectivity index (χ3n) is 3.36. The van der Waals surface area contributed by atoms with Gasteiger partial charge in [0.1, 0.15) is 11.1 Å². The monoisotopic (exact) mass is 406 g/mol. The van der Waals surface area contributed by atoms with Gasteiger partial charge in [0.05, 0.1) is 18.0 Å². The molecule has 0 aliphatic rings. The second-order valence-corrected chi connectivity index (χ2v) is 6.65. The van der Waals surface area contributed by atoms with Crippen molar-refractivity contribution in [2.75, 3.05) is 11.9 Å². The Morgan fingerprint density at radius 2 is 1.96 bits per heavy atom. The second kappa shape index (κ2) is 9.56. The van der Waals surface area contributed by atoms with Crippen LogP contribution in [-0.4, -0.2) is 24.5 Å². The number of carbonyl (C=O) groups excluding carboxylic acids is 3. The molecule has 0 aliphatic heterocycles. The first-order valence-electron chi connectivity index (χ1n) is 7.63. The SMILES string of the molecule is N#Cc1ccsc1NC(=O)COC(=O)C[C@@H](NC(N)=O)c1ccc(Cl)cc1. The Kier molecular flexibility index (Phi) is 7.16.